The average molecular weight is 202 g/mol. The van der Waals surface area contributed by atoms with Crippen molar-refractivity contribution in [1.82, 2.24) is 9.80 Å². The van der Waals surface area contributed by atoms with E-state index in [0.717, 1.165) is 0 Å². The first kappa shape index (κ1) is 10.4. The molecule has 1 fully saturated rings. The van der Waals surface area contributed by atoms with Crippen LogP contribution in [0.1, 0.15) is 6.92 Å². The maximum absolute atomic E-state index is 11.4. The van der Waals surface area contributed by atoms with Gasteiger partial charge in [-0.1, -0.05) is 0 Å². The Balaban J connectivity index is 2.39. The number of carbonyl (C=O) groups is 2. The molecule has 5 heteroatoms. The van der Waals surface area contributed by atoms with Gasteiger partial charge in [0, 0.05) is 13.6 Å². The van der Waals surface area contributed by atoms with Crippen LogP contribution in [0.5, 0.6) is 0 Å². The van der Waals surface area contributed by atoms with Gasteiger partial charge in [-0.15, -0.1) is 11.8 Å². The fourth-order valence-electron chi connectivity index (χ4n) is 1.00. The zero-order chi connectivity index (χ0) is 9.84. The SMILES string of the molecule is CCN(C)C(=O)CN1CSCC1=O. The molecule has 1 aliphatic heterocycles. The van der Waals surface area contributed by atoms with Gasteiger partial charge in [0.2, 0.25) is 11.8 Å². The minimum Gasteiger partial charge on any atom is -0.345 e. The summed E-state index contributed by atoms with van der Waals surface area (Å²) in [6.07, 6.45) is 0. The molecule has 0 aromatic rings. The molecule has 1 heterocycles. The molecular formula is C8H14N2O2S. The van der Waals surface area contributed by atoms with Gasteiger partial charge in [-0.2, -0.15) is 0 Å². The van der Waals surface area contributed by atoms with Gasteiger partial charge >= 0.3 is 0 Å². The molecule has 4 nitrogen and oxygen atoms in total. The quantitative estimate of drug-likeness (QED) is 0.646. The zero-order valence-electron chi connectivity index (χ0n) is 7.95. The molecule has 0 spiro atoms. The van der Waals surface area contributed by atoms with Crippen LogP contribution >= 0.6 is 11.8 Å². The first-order chi connectivity index (χ1) is 6.15. The highest BCUT2D eigenvalue weighted by Crippen LogP contribution is 2.14. The predicted octanol–water partition coefficient (Wildman–Crippen LogP) is -0.00240. The van der Waals surface area contributed by atoms with Gasteiger partial charge in [-0.25, -0.2) is 0 Å². The van der Waals surface area contributed by atoms with Crippen LogP contribution in [-0.4, -0.2) is 53.4 Å². The van der Waals surface area contributed by atoms with Crippen LogP contribution in [-0.2, 0) is 9.59 Å². The Labute approximate surface area is 82.3 Å². The maximum Gasteiger partial charge on any atom is 0.241 e. The van der Waals surface area contributed by atoms with Crippen molar-refractivity contribution in [2.75, 3.05) is 31.8 Å². The van der Waals surface area contributed by atoms with E-state index in [2.05, 4.69) is 0 Å². The Bertz CT molecular complexity index is 220. The zero-order valence-corrected chi connectivity index (χ0v) is 8.76. The third-order valence-corrected chi connectivity index (χ3v) is 3.00. The summed E-state index contributed by atoms with van der Waals surface area (Å²) in [5, 5.41) is 0. The summed E-state index contributed by atoms with van der Waals surface area (Å²) in [6.45, 7) is 2.84. The van der Waals surface area contributed by atoms with Crippen molar-refractivity contribution in [1.29, 1.82) is 0 Å². The first-order valence-corrected chi connectivity index (χ1v) is 5.40. The highest BCUT2D eigenvalue weighted by atomic mass is 32.2. The summed E-state index contributed by atoms with van der Waals surface area (Å²) in [5.74, 6) is 1.26. The Morgan fingerprint density at radius 2 is 2.38 bits per heavy atom. The van der Waals surface area contributed by atoms with Gasteiger partial charge in [0.1, 0.15) is 6.54 Å². The van der Waals surface area contributed by atoms with E-state index in [1.165, 1.54) is 0 Å². The second kappa shape index (κ2) is 4.50. The minimum atomic E-state index is 0.0124. The van der Waals surface area contributed by atoms with Crippen molar-refractivity contribution in [3.8, 4) is 0 Å². The molecule has 0 radical (unpaired) electrons. The third-order valence-electron chi connectivity index (χ3n) is 2.05. The number of hydrogen-bond acceptors (Lipinski definition) is 3. The highest BCUT2D eigenvalue weighted by molar-refractivity contribution is 8.00. The molecule has 0 unspecified atom stereocenters. The average Bonchev–Trinajstić information content (AvgIpc) is 2.50. The highest BCUT2D eigenvalue weighted by Gasteiger charge is 2.23. The molecule has 74 valence electrons. The Kier molecular flexibility index (Phi) is 3.59. The molecule has 1 rings (SSSR count). The van der Waals surface area contributed by atoms with Gasteiger partial charge in [-0.05, 0) is 6.92 Å². The van der Waals surface area contributed by atoms with Gasteiger partial charge in [0.25, 0.3) is 0 Å². The van der Waals surface area contributed by atoms with Crippen molar-refractivity contribution in [2.24, 2.45) is 0 Å². The van der Waals surface area contributed by atoms with Crippen molar-refractivity contribution >= 4 is 23.6 Å². The number of likely N-dealkylation sites (N-methyl/N-ethyl adjacent to an activating group) is 1. The van der Waals surface area contributed by atoms with Crippen molar-refractivity contribution in [3.05, 3.63) is 0 Å². The number of hydrogen-bond donors (Lipinski definition) is 0. The monoisotopic (exact) mass is 202 g/mol. The van der Waals surface area contributed by atoms with Gasteiger partial charge in [0.15, 0.2) is 0 Å². The molecule has 0 bridgehead atoms. The number of rotatable bonds is 3. The molecule has 0 aromatic carbocycles. The lowest BCUT2D eigenvalue weighted by molar-refractivity contribution is -0.136. The lowest BCUT2D eigenvalue weighted by atomic mass is 10.4. The lowest BCUT2D eigenvalue weighted by Crippen LogP contribution is -2.39. The lowest BCUT2D eigenvalue weighted by Gasteiger charge is -2.19. The summed E-state index contributed by atoms with van der Waals surface area (Å²) in [4.78, 5) is 25.8. The van der Waals surface area contributed by atoms with Gasteiger partial charge < -0.3 is 9.80 Å². The predicted molar refractivity (Wildman–Crippen MR) is 52.3 cm³/mol. The van der Waals surface area contributed by atoms with E-state index in [0.29, 0.717) is 18.2 Å². The van der Waals surface area contributed by atoms with Crippen LogP contribution in [0.25, 0.3) is 0 Å². The van der Waals surface area contributed by atoms with E-state index < -0.39 is 0 Å². The summed E-state index contributed by atoms with van der Waals surface area (Å²) in [5.41, 5.74) is 0. The molecule has 1 saturated heterocycles. The van der Waals surface area contributed by atoms with Crippen LogP contribution in [0, 0.1) is 0 Å². The van der Waals surface area contributed by atoms with Crippen LogP contribution < -0.4 is 0 Å². The standard InChI is InChI=1S/C8H14N2O2S/c1-3-9(2)7(11)4-10-6-13-5-8(10)12/h3-6H2,1-2H3. The summed E-state index contributed by atoms with van der Waals surface area (Å²) in [6, 6.07) is 0. The van der Waals surface area contributed by atoms with Crippen LogP contribution in [0.2, 0.25) is 0 Å². The third kappa shape index (κ3) is 2.62. The number of amides is 2. The largest absolute Gasteiger partial charge is 0.345 e. The Morgan fingerprint density at radius 1 is 1.69 bits per heavy atom. The second-order valence-electron chi connectivity index (χ2n) is 2.98. The topological polar surface area (TPSA) is 40.6 Å². The van der Waals surface area contributed by atoms with E-state index in [9.17, 15) is 9.59 Å². The molecule has 0 atom stereocenters. The normalized spacial score (nSPS) is 16.5. The second-order valence-corrected chi connectivity index (χ2v) is 3.93. The molecule has 0 aliphatic carbocycles. The van der Waals surface area contributed by atoms with Gasteiger partial charge in [0.05, 0.1) is 11.6 Å². The van der Waals surface area contributed by atoms with Gasteiger partial charge in [-0.3, -0.25) is 9.59 Å². The van der Waals surface area contributed by atoms with E-state index >= 15 is 0 Å². The van der Waals surface area contributed by atoms with E-state index in [4.69, 9.17) is 0 Å². The Hall–Kier alpha value is -0.710. The van der Waals surface area contributed by atoms with Crippen molar-refractivity contribution < 1.29 is 9.59 Å². The van der Waals surface area contributed by atoms with Crippen molar-refractivity contribution in [2.45, 2.75) is 6.92 Å². The smallest absolute Gasteiger partial charge is 0.241 e. The number of nitrogens with zero attached hydrogens (tertiary/aromatic N) is 2. The van der Waals surface area contributed by atoms with Crippen LogP contribution in [0.4, 0.5) is 0 Å². The fraction of sp³-hybridized carbons (Fsp3) is 0.750. The van der Waals surface area contributed by atoms with E-state index in [1.54, 1.807) is 28.6 Å². The first-order valence-electron chi connectivity index (χ1n) is 4.24. The number of thioether (sulfide) groups is 1. The molecule has 13 heavy (non-hydrogen) atoms. The molecular weight excluding hydrogens is 188 g/mol. The van der Waals surface area contributed by atoms with E-state index in [-0.39, 0.29) is 18.4 Å². The molecule has 1 aliphatic rings. The van der Waals surface area contributed by atoms with Crippen LogP contribution in [0.3, 0.4) is 0 Å². The Morgan fingerprint density at radius 3 is 2.85 bits per heavy atom. The number of carbonyl (C=O) groups excluding carboxylic acids is 2. The minimum absolute atomic E-state index is 0.0124. The molecule has 2 amide bonds. The summed E-state index contributed by atoms with van der Waals surface area (Å²) in [7, 11) is 1.75. The van der Waals surface area contributed by atoms with Crippen LogP contribution in [0.15, 0.2) is 0 Å². The van der Waals surface area contributed by atoms with Crippen molar-refractivity contribution in [3.63, 3.8) is 0 Å². The maximum atomic E-state index is 11.4. The summed E-state index contributed by atoms with van der Waals surface area (Å²) >= 11 is 1.56. The summed E-state index contributed by atoms with van der Waals surface area (Å²) < 4.78 is 0. The van der Waals surface area contributed by atoms with E-state index in [1.807, 2.05) is 6.92 Å². The molecule has 0 aromatic heterocycles. The molecule has 0 N–H and O–H groups in total. The molecule has 0 saturated carbocycles. The fourth-order valence-corrected chi connectivity index (χ4v) is 1.90.